The highest BCUT2D eigenvalue weighted by molar-refractivity contribution is 5.88. The van der Waals surface area contributed by atoms with Gasteiger partial charge >= 0.3 is 0 Å². The lowest BCUT2D eigenvalue weighted by atomic mass is 10.0. The van der Waals surface area contributed by atoms with E-state index in [1.54, 1.807) is 0 Å². The number of para-hydroxylation sites is 2. The summed E-state index contributed by atoms with van der Waals surface area (Å²) in [5.41, 5.74) is 8.28. The average Bonchev–Trinajstić information content (AvgIpc) is 3.14. The Bertz CT molecular complexity index is 1300. The Morgan fingerprint density at radius 3 is 2.82 bits per heavy atom. The molecule has 1 N–H and O–H groups in total. The van der Waals surface area contributed by atoms with Crippen molar-refractivity contribution in [3.63, 3.8) is 0 Å². The number of aromatic nitrogens is 2. The maximum atomic E-state index is 5.58. The van der Waals surface area contributed by atoms with Crippen LogP contribution in [0, 0.1) is 6.92 Å². The number of anilines is 1. The molecule has 0 amide bonds. The molecule has 2 aliphatic heterocycles. The van der Waals surface area contributed by atoms with Crippen molar-refractivity contribution in [2.45, 2.75) is 39.3 Å². The minimum Gasteiger partial charge on any atom is -0.378 e. The van der Waals surface area contributed by atoms with Crippen molar-refractivity contribution >= 4 is 27.6 Å². The Hall–Kier alpha value is -2.89. The van der Waals surface area contributed by atoms with Crippen molar-refractivity contribution in [3.8, 4) is 0 Å². The molecule has 0 spiro atoms. The first kappa shape index (κ1) is 20.7. The van der Waals surface area contributed by atoms with Gasteiger partial charge < -0.3 is 19.5 Å². The van der Waals surface area contributed by atoms with E-state index in [-0.39, 0.29) is 0 Å². The third kappa shape index (κ3) is 3.79. The third-order valence-electron chi connectivity index (χ3n) is 7.34. The predicted molar refractivity (Wildman–Crippen MR) is 135 cm³/mol. The first-order valence-corrected chi connectivity index (χ1v) is 12.3. The lowest BCUT2D eigenvalue weighted by molar-refractivity contribution is 0.122. The van der Waals surface area contributed by atoms with E-state index in [4.69, 9.17) is 9.72 Å². The summed E-state index contributed by atoms with van der Waals surface area (Å²) in [4.78, 5) is 7.43. The molecule has 33 heavy (non-hydrogen) atoms. The summed E-state index contributed by atoms with van der Waals surface area (Å²) in [6, 6.07) is 17.6. The highest BCUT2D eigenvalue weighted by Gasteiger charge is 2.20. The van der Waals surface area contributed by atoms with Crippen LogP contribution in [0.15, 0.2) is 48.5 Å². The van der Waals surface area contributed by atoms with E-state index in [1.165, 1.54) is 51.5 Å². The fraction of sp³-hybridized carbons (Fsp3) is 0.393. The molecule has 4 aromatic rings. The van der Waals surface area contributed by atoms with Gasteiger partial charge in [-0.15, -0.1) is 0 Å². The van der Waals surface area contributed by atoms with E-state index < -0.39 is 0 Å². The molecule has 170 valence electrons. The number of pyridine rings is 1. The summed E-state index contributed by atoms with van der Waals surface area (Å²) in [7, 11) is 0. The third-order valence-corrected chi connectivity index (χ3v) is 7.34. The zero-order valence-electron chi connectivity index (χ0n) is 19.4. The number of ether oxygens (including phenoxy) is 1. The smallest absolute Gasteiger partial charge is 0.133 e. The summed E-state index contributed by atoms with van der Waals surface area (Å²) < 4.78 is 8.13. The second kappa shape index (κ2) is 8.81. The maximum absolute atomic E-state index is 5.58. The van der Waals surface area contributed by atoms with Gasteiger partial charge in [-0.05, 0) is 56.0 Å². The molecule has 5 nitrogen and oxygen atoms in total. The van der Waals surface area contributed by atoms with Gasteiger partial charge in [-0.25, -0.2) is 4.98 Å². The van der Waals surface area contributed by atoms with Crippen LogP contribution >= 0.6 is 0 Å². The first-order valence-electron chi connectivity index (χ1n) is 12.3. The van der Waals surface area contributed by atoms with Gasteiger partial charge in [0.15, 0.2) is 0 Å². The van der Waals surface area contributed by atoms with Crippen molar-refractivity contribution in [3.05, 3.63) is 70.9 Å². The second-order valence-electron chi connectivity index (χ2n) is 9.32. The number of nitrogens with one attached hydrogen (secondary N) is 1. The maximum Gasteiger partial charge on any atom is 0.133 e. The highest BCUT2D eigenvalue weighted by Crippen LogP contribution is 2.32. The Morgan fingerprint density at radius 2 is 1.91 bits per heavy atom. The van der Waals surface area contributed by atoms with Gasteiger partial charge in [-0.3, -0.25) is 0 Å². The van der Waals surface area contributed by atoms with Crippen LogP contribution in [0.3, 0.4) is 0 Å². The normalized spacial score (nSPS) is 16.1. The molecular weight excluding hydrogens is 408 g/mol. The zero-order chi connectivity index (χ0) is 22.2. The van der Waals surface area contributed by atoms with Gasteiger partial charge in [0.05, 0.1) is 24.2 Å². The second-order valence-corrected chi connectivity index (χ2v) is 9.32. The summed E-state index contributed by atoms with van der Waals surface area (Å²) in [6.07, 6.45) is 3.50. The molecule has 6 rings (SSSR count). The number of rotatable bonds is 6. The minimum absolute atomic E-state index is 0.771. The van der Waals surface area contributed by atoms with Gasteiger partial charge in [-0.1, -0.05) is 36.4 Å². The van der Waals surface area contributed by atoms with Gasteiger partial charge in [0.1, 0.15) is 5.82 Å². The number of nitrogens with zero attached hydrogens (tertiary/aromatic N) is 3. The molecule has 1 fully saturated rings. The van der Waals surface area contributed by atoms with Crippen LogP contribution in [0.1, 0.15) is 28.8 Å². The van der Waals surface area contributed by atoms with E-state index in [2.05, 4.69) is 70.2 Å². The van der Waals surface area contributed by atoms with Crippen LogP contribution in [0.2, 0.25) is 0 Å². The van der Waals surface area contributed by atoms with Crippen LogP contribution in [0.25, 0.3) is 21.8 Å². The Kier molecular flexibility index (Phi) is 5.52. The van der Waals surface area contributed by atoms with E-state index in [0.717, 1.165) is 63.7 Å². The lowest BCUT2D eigenvalue weighted by Gasteiger charge is -2.30. The molecule has 0 radical (unpaired) electrons. The molecule has 4 heterocycles. The largest absolute Gasteiger partial charge is 0.378 e. The zero-order valence-corrected chi connectivity index (χ0v) is 19.4. The summed E-state index contributed by atoms with van der Waals surface area (Å²) in [6.45, 7) is 8.58. The number of aryl methyl sites for hydroxylation is 2. The minimum atomic E-state index is 0.771. The van der Waals surface area contributed by atoms with E-state index >= 15 is 0 Å². The number of morpholine rings is 1. The molecule has 0 aliphatic carbocycles. The van der Waals surface area contributed by atoms with Crippen molar-refractivity contribution in [1.29, 1.82) is 0 Å². The molecule has 1 saturated heterocycles. The summed E-state index contributed by atoms with van der Waals surface area (Å²) in [5, 5.41) is 6.39. The van der Waals surface area contributed by atoms with Crippen molar-refractivity contribution in [2.24, 2.45) is 0 Å². The van der Waals surface area contributed by atoms with Crippen LogP contribution in [0.5, 0.6) is 0 Å². The number of hydrogen-bond donors (Lipinski definition) is 1. The molecule has 0 saturated carbocycles. The van der Waals surface area contributed by atoms with Gasteiger partial charge in [0.2, 0.25) is 0 Å². The van der Waals surface area contributed by atoms with Gasteiger partial charge in [-0.2, -0.15) is 0 Å². The fourth-order valence-electron chi connectivity index (χ4n) is 5.67. The molecule has 2 aromatic carbocycles. The quantitative estimate of drug-likeness (QED) is 0.445. The molecule has 0 atom stereocenters. The molecule has 5 heteroatoms. The van der Waals surface area contributed by atoms with Crippen LogP contribution in [0.4, 0.5) is 5.82 Å². The molecule has 2 aliphatic rings. The first-order chi connectivity index (χ1) is 16.3. The predicted octanol–water partition coefficient (Wildman–Crippen LogP) is 4.61. The van der Waals surface area contributed by atoms with Crippen LogP contribution < -0.4 is 10.2 Å². The van der Waals surface area contributed by atoms with Crippen LogP contribution in [-0.4, -0.2) is 42.4 Å². The summed E-state index contributed by atoms with van der Waals surface area (Å²) >= 11 is 0. The van der Waals surface area contributed by atoms with Gasteiger partial charge in [0.25, 0.3) is 0 Å². The van der Waals surface area contributed by atoms with E-state index in [0.29, 0.717) is 0 Å². The van der Waals surface area contributed by atoms with Gasteiger partial charge in [0, 0.05) is 48.2 Å². The average molecular weight is 441 g/mol. The Morgan fingerprint density at radius 1 is 1.03 bits per heavy atom. The molecule has 0 bridgehead atoms. The molecule has 0 unspecified atom stereocenters. The van der Waals surface area contributed by atoms with Crippen molar-refractivity contribution < 1.29 is 4.74 Å². The Balaban J connectivity index is 1.22. The highest BCUT2D eigenvalue weighted by atomic mass is 16.5. The number of hydrogen-bond acceptors (Lipinski definition) is 4. The van der Waals surface area contributed by atoms with E-state index in [1.807, 2.05) is 0 Å². The monoisotopic (exact) mass is 440 g/mol. The van der Waals surface area contributed by atoms with Crippen molar-refractivity contribution in [1.82, 2.24) is 14.9 Å². The van der Waals surface area contributed by atoms with Crippen molar-refractivity contribution in [2.75, 3.05) is 37.7 Å². The van der Waals surface area contributed by atoms with Crippen LogP contribution in [-0.2, 0) is 30.7 Å². The number of fused-ring (bicyclic) bond motifs is 1. The molecule has 2 aromatic heterocycles. The molecular formula is C28H32N4O. The standard InChI is InChI=1S/C28H32N4O/c1-20-24(25-9-4-7-21-8-5-13-32(20)27(21)25)11-12-29-19-23-18-22-6-2-3-10-26(22)30-28(23)31-14-16-33-17-15-31/h2-4,6-7,9-10,18,29H,5,8,11-17,19H2,1H3. The Labute approximate surface area is 195 Å². The SMILES string of the molecule is Cc1c(CCNCc2cc3ccccc3nc2N2CCOCC2)c2cccc3c2n1CCC3. The topological polar surface area (TPSA) is 42.3 Å². The fourth-order valence-corrected chi connectivity index (χ4v) is 5.67. The summed E-state index contributed by atoms with van der Waals surface area (Å²) in [5.74, 6) is 1.10. The lowest BCUT2D eigenvalue weighted by Crippen LogP contribution is -2.37. The van der Waals surface area contributed by atoms with E-state index in [9.17, 15) is 0 Å². The number of benzene rings is 2.